The molecule has 0 N–H and O–H groups in total. The fourth-order valence-corrected chi connectivity index (χ4v) is 9.38. The van der Waals surface area contributed by atoms with Gasteiger partial charge in [-0.25, -0.2) is 15.0 Å². The number of hydrogen-bond acceptors (Lipinski definition) is 4. The van der Waals surface area contributed by atoms with E-state index in [-0.39, 0.29) is 5.41 Å². The molecule has 0 radical (unpaired) electrons. The van der Waals surface area contributed by atoms with Crippen molar-refractivity contribution in [1.82, 2.24) is 15.0 Å². The maximum absolute atomic E-state index is 6.54. The second-order valence-corrected chi connectivity index (χ2v) is 16.0. The molecular formula is C54H35N3O. The number of benzene rings is 9. The normalized spacial score (nSPS) is 13.1. The van der Waals surface area contributed by atoms with E-state index in [0.29, 0.717) is 17.5 Å². The van der Waals surface area contributed by atoms with Crippen molar-refractivity contribution in [2.24, 2.45) is 0 Å². The van der Waals surface area contributed by atoms with Crippen LogP contribution in [0.15, 0.2) is 180 Å². The SMILES string of the molecule is CC1(C)c2ccccc2-c2ccc(-c3nc(-c4ccccc4)nc(-c4ccc5c(c4)oc4ccc(-c6ccc7c8ccccc8c8ccccc8c7c6)cc45)n3)cc21. The van der Waals surface area contributed by atoms with Crippen LogP contribution in [0.3, 0.4) is 0 Å². The molecule has 1 aliphatic rings. The molecule has 9 aromatic carbocycles. The minimum Gasteiger partial charge on any atom is -0.456 e. The second-order valence-electron chi connectivity index (χ2n) is 16.0. The van der Waals surface area contributed by atoms with Gasteiger partial charge in [-0.05, 0) is 102 Å². The van der Waals surface area contributed by atoms with Crippen LogP contribution in [0.1, 0.15) is 25.0 Å². The monoisotopic (exact) mass is 741 g/mol. The highest BCUT2D eigenvalue weighted by atomic mass is 16.3. The van der Waals surface area contributed by atoms with Gasteiger partial charge in [-0.15, -0.1) is 0 Å². The molecule has 11 aromatic rings. The average molecular weight is 742 g/mol. The van der Waals surface area contributed by atoms with Crippen LogP contribution in [0.25, 0.3) is 111 Å². The third-order valence-corrected chi connectivity index (χ3v) is 12.3. The van der Waals surface area contributed by atoms with Gasteiger partial charge in [0.25, 0.3) is 0 Å². The molecule has 12 rings (SSSR count). The minimum atomic E-state index is -0.135. The van der Waals surface area contributed by atoms with Crippen molar-refractivity contribution in [2.75, 3.05) is 0 Å². The summed E-state index contributed by atoms with van der Waals surface area (Å²) in [7, 11) is 0. The van der Waals surface area contributed by atoms with Gasteiger partial charge < -0.3 is 4.42 Å². The second kappa shape index (κ2) is 12.3. The lowest BCUT2D eigenvalue weighted by atomic mass is 9.82. The highest BCUT2D eigenvalue weighted by Crippen LogP contribution is 2.49. The molecule has 2 aromatic heterocycles. The Morgan fingerprint density at radius 2 is 0.828 bits per heavy atom. The Labute approximate surface area is 335 Å². The van der Waals surface area contributed by atoms with Gasteiger partial charge in [-0.2, -0.15) is 0 Å². The van der Waals surface area contributed by atoms with Gasteiger partial charge in [0.1, 0.15) is 11.2 Å². The zero-order valence-corrected chi connectivity index (χ0v) is 32.0. The Kier molecular flexibility index (Phi) is 6.94. The molecule has 0 aliphatic heterocycles. The summed E-state index contributed by atoms with van der Waals surface area (Å²) in [6.45, 7) is 4.60. The van der Waals surface area contributed by atoms with Gasteiger partial charge in [0, 0.05) is 32.9 Å². The number of fused-ring (bicyclic) bond motifs is 12. The Hall–Kier alpha value is -7.43. The van der Waals surface area contributed by atoms with Crippen LogP contribution in [0.2, 0.25) is 0 Å². The first-order valence-corrected chi connectivity index (χ1v) is 19.8. The zero-order chi connectivity index (χ0) is 38.5. The van der Waals surface area contributed by atoms with E-state index in [4.69, 9.17) is 19.4 Å². The maximum Gasteiger partial charge on any atom is 0.164 e. The van der Waals surface area contributed by atoms with Crippen LogP contribution >= 0.6 is 0 Å². The van der Waals surface area contributed by atoms with Crippen molar-refractivity contribution in [3.8, 4) is 56.4 Å². The summed E-state index contributed by atoms with van der Waals surface area (Å²) in [6.07, 6.45) is 0. The minimum absolute atomic E-state index is 0.135. The Morgan fingerprint density at radius 1 is 0.328 bits per heavy atom. The summed E-state index contributed by atoms with van der Waals surface area (Å²) >= 11 is 0. The quantitative estimate of drug-likeness (QED) is 0.169. The van der Waals surface area contributed by atoms with Crippen LogP contribution in [-0.2, 0) is 5.41 Å². The predicted octanol–water partition coefficient (Wildman–Crippen LogP) is 14.2. The average Bonchev–Trinajstić information content (AvgIpc) is 3.76. The van der Waals surface area contributed by atoms with Gasteiger partial charge in [-0.3, -0.25) is 0 Å². The van der Waals surface area contributed by atoms with E-state index in [1.807, 2.05) is 30.3 Å². The number of furan rings is 1. The van der Waals surface area contributed by atoms with E-state index < -0.39 is 0 Å². The third kappa shape index (κ3) is 4.91. The van der Waals surface area contributed by atoms with Gasteiger partial charge in [-0.1, -0.05) is 153 Å². The van der Waals surface area contributed by atoms with E-state index in [1.54, 1.807) is 0 Å². The van der Waals surface area contributed by atoms with Crippen molar-refractivity contribution in [1.29, 1.82) is 0 Å². The van der Waals surface area contributed by atoms with Crippen LogP contribution in [0.4, 0.5) is 0 Å². The first-order chi connectivity index (χ1) is 28.5. The van der Waals surface area contributed by atoms with Crippen molar-refractivity contribution >= 4 is 54.3 Å². The molecule has 0 bridgehead atoms. The smallest absolute Gasteiger partial charge is 0.164 e. The van der Waals surface area contributed by atoms with E-state index in [0.717, 1.165) is 44.2 Å². The van der Waals surface area contributed by atoms with Crippen molar-refractivity contribution in [2.45, 2.75) is 19.3 Å². The van der Waals surface area contributed by atoms with E-state index in [9.17, 15) is 0 Å². The van der Waals surface area contributed by atoms with Gasteiger partial charge in [0.15, 0.2) is 17.5 Å². The highest BCUT2D eigenvalue weighted by Gasteiger charge is 2.35. The number of nitrogens with zero attached hydrogens (tertiary/aromatic N) is 3. The van der Waals surface area contributed by atoms with Crippen LogP contribution in [0.5, 0.6) is 0 Å². The van der Waals surface area contributed by atoms with Crippen LogP contribution in [-0.4, -0.2) is 15.0 Å². The number of aromatic nitrogens is 3. The van der Waals surface area contributed by atoms with E-state index >= 15 is 0 Å². The molecule has 0 amide bonds. The molecule has 272 valence electrons. The van der Waals surface area contributed by atoms with Crippen LogP contribution in [0, 0.1) is 0 Å². The van der Waals surface area contributed by atoms with E-state index in [1.165, 1.54) is 60.1 Å². The van der Waals surface area contributed by atoms with Gasteiger partial charge in [0.2, 0.25) is 0 Å². The lowest BCUT2D eigenvalue weighted by Gasteiger charge is -2.21. The molecule has 0 saturated carbocycles. The molecule has 58 heavy (non-hydrogen) atoms. The molecule has 0 fully saturated rings. The number of hydrogen-bond donors (Lipinski definition) is 0. The van der Waals surface area contributed by atoms with Crippen LogP contribution < -0.4 is 0 Å². The summed E-state index contributed by atoms with van der Waals surface area (Å²) in [6, 6.07) is 62.6. The Bertz CT molecular complexity index is 3450. The highest BCUT2D eigenvalue weighted by molar-refractivity contribution is 6.25. The molecule has 0 unspecified atom stereocenters. The summed E-state index contributed by atoms with van der Waals surface area (Å²) in [4.78, 5) is 15.2. The summed E-state index contributed by atoms with van der Waals surface area (Å²) < 4.78 is 6.54. The van der Waals surface area contributed by atoms with Crippen molar-refractivity contribution < 1.29 is 4.42 Å². The summed E-state index contributed by atoms with van der Waals surface area (Å²) in [5.41, 5.74) is 11.8. The first-order valence-electron chi connectivity index (χ1n) is 19.8. The molecule has 0 atom stereocenters. The third-order valence-electron chi connectivity index (χ3n) is 12.3. The van der Waals surface area contributed by atoms with Gasteiger partial charge >= 0.3 is 0 Å². The predicted molar refractivity (Wildman–Crippen MR) is 239 cm³/mol. The standard InChI is InChI=1S/C54H35N3O/c1-54(2)47-19-11-10-18-42(47)43-25-21-35(30-48(43)54)52-55-51(32-12-4-3-5-13-32)56-53(57-52)36-22-26-44-46-29-34(23-27-49(46)58-50(44)31-36)33-20-24-41-39-16-7-6-14-37(39)38-15-8-9-17-40(38)45(41)28-33/h3-31H,1-2H3. The molecule has 0 saturated heterocycles. The lowest BCUT2D eigenvalue weighted by molar-refractivity contribution is 0.660. The molecule has 4 heteroatoms. The lowest BCUT2D eigenvalue weighted by Crippen LogP contribution is -2.15. The van der Waals surface area contributed by atoms with E-state index in [2.05, 4.69) is 159 Å². The first kappa shape index (κ1) is 32.8. The molecule has 1 aliphatic carbocycles. The Morgan fingerprint density at radius 3 is 1.55 bits per heavy atom. The fourth-order valence-electron chi connectivity index (χ4n) is 9.38. The molecule has 0 spiro atoms. The zero-order valence-electron chi connectivity index (χ0n) is 32.0. The Balaban J connectivity index is 0.966. The summed E-state index contributed by atoms with van der Waals surface area (Å²) in [5, 5.41) is 9.75. The largest absolute Gasteiger partial charge is 0.456 e. The van der Waals surface area contributed by atoms with Crippen molar-refractivity contribution in [3.63, 3.8) is 0 Å². The topological polar surface area (TPSA) is 51.8 Å². The fraction of sp³-hybridized carbons (Fsp3) is 0.0556. The molecule has 4 nitrogen and oxygen atoms in total. The summed E-state index contributed by atoms with van der Waals surface area (Å²) in [5.74, 6) is 1.88. The number of rotatable bonds is 4. The maximum atomic E-state index is 6.54. The molecule has 2 heterocycles. The van der Waals surface area contributed by atoms with Gasteiger partial charge in [0.05, 0.1) is 0 Å². The molecular weight excluding hydrogens is 707 g/mol. The van der Waals surface area contributed by atoms with Crippen molar-refractivity contribution in [3.05, 3.63) is 187 Å².